The molecular formula is C15H18N2O2S. The Bertz CT molecular complexity index is 627. The van der Waals surface area contributed by atoms with E-state index in [1.54, 1.807) is 12.1 Å². The van der Waals surface area contributed by atoms with Crippen molar-refractivity contribution in [3.63, 3.8) is 0 Å². The Kier molecular flexibility index (Phi) is 4.89. The van der Waals surface area contributed by atoms with Crippen LogP contribution in [0.15, 0.2) is 60.7 Å². The second-order valence-electron chi connectivity index (χ2n) is 4.61. The van der Waals surface area contributed by atoms with E-state index < -0.39 is 10.0 Å². The first-order valence-corrected chi connectivity index (χ1v) is 8.04. The summed E-state index contributed by atoms with van der Waals surface area (Å²) in [4.78, 5) is 0. The lowest BCUT2D eigenvalue weighted by Crippen LogP contribution is -2.32. The second kappa shape index (κ2) is 6.65. The maximum absolute atomic E-state index is 12.0. The van der Waals surface area contributed by atoms with Gasteiger partial charge < -0.3 is 5.73 Å². The monoisotopic (exact) mass is 290 g/mol. The molecule has 2 aromatic carbocycles. The van der Waals surface area contributed by atoms with Gasteiger partial charge in [0.05, 0.1) is 5.75 Å². The van der Waals surface area contributed by atoms with Crippen molar-refractivity contribution in [1.29, 1.82) is 0 Å². The fourth-order valence-electron chi connectivity index (χ4n) is 1.88. The minimum atomic E-state index is -3.37. The molecule has 1 atom stereocenters. The van der Waals surface area contributed by atoms with E-state index in [2.05, 4.69) is 4.72 Å². The zero-order chi connectivity index (χ0) is 14.4. The zero-order valence-electron chi connectivity index (χ0n) is 11.1. The van der Waals surface area contributed by atoms with E-state index >= 15 is 0 Å². The third-order valence-electron chi connectivity index (χ3n) is 2.95. The first-order valence-electron chi connectivity index (χ1n) is 6.38. The molecule has 0 amide bonds. The molecule has 0 radical (unpaired) electrons. The molecule has 1 unspecified atom stereocenters. The number of nitrogens with two attached hydrogens (primary N) is 1. The average molecular weight is 290 g/mol. The van der Waals surface area contributed by atoms with E-state index in [-0.39, 0.29) is 18.3 Å². The highest BCUT2D eigenvalue weighted by Crippen LogP contribution is 2.09. The fraction of sp³-hybridized carbons (Fsp3) is 0.200. The van der Waals surface area contributed by atoms with Gasteiger partial charge in [0.1, 0.15) is 0 Å². The summed E-state index contributed by atoms with van der Waals surface area (Å²) in [6.45, 7) is 0.194. The van der Waals surface area contributed by atoms with Gasteiger partial charge >= 0.3 is 0 Å². The Balaban J connectivity index is 1.93. The minimum Gasteiger partial charge on any atom is -0.323 e. The van der Waals surface area contributed by atoms with Gasteiger partial charge in [-0.15, -0.1) is 0 Å². The normalized spacial score (nSPS) is 13.1. The molecule has 5 heteroatoms. The molecule has 0 heterocycles. The summed E-state index contributed by atoms with van der Waals surface area (Å²) in [6, 6.07) is 18.2. The van der Waals surface area contributed by atoms with Crippen LogP contribution in [0.25, 0.3) is 0 Å². The number of benzene rings is 2. The summed E-state index contributed by atoms with van der Waals surface area (Å²) >= 11 is 0. The van der Waals surface area contributed by atoms with Crippen molar-refractivity contribution < 1.29 is 8.42 Å². The number of hydrogen-bond donors (Lipinski definition) is 2. The smallest absolute Gasteiger partial charge is 0.215 e. The topological polar surface area (TPSA) is 72.2 Å². The molecule has 2 aromatic rings. The molecule has 0 aliphatic rings. The van der Waals surface area contributed by atoms with E-state index in [0.29, 0.717) is 0 Å². The molecule has 0 aliphatic heterocycles. The molecule has 0 aromatic heterocycles. The molecule has 20 heavy (non-hydrogen) atoms. The van der Waals surface area contributed by atoms with Gasteiger partial charge in [0.15, 0.2) is 0 Å². The Morgan fingerprint density at radius 3 is 2.10 bits per heavy atom. The molecule has 0 saturated carbocycles. The largest absolute Gasteiger partial charge is 0.323 e. The van der Waals surface area contributed by atoms with Crippen LogP contribution in [0.2, 0.25) is 0 Å². The number of sulfonamides is 1. The van der Waals surface area contributed by atoms with Crippen molar-refractivity contribution in [3.05, 3.63) is 71.8 Å². The first-order chi connectivity index (χ1) is 9.57. The molecule has 106 valence electrons. The molecule has 0 bridgehead atoms. The summed E-state index contributed by atoms with van der Waals surface area (Å²) < 4.78 is 26.5. The summed E-state index contributed by atoms with van der Waals surface area (Å²) in [5.74, 6) is -0.0324. The predicted molar refractivity (Wildman–Crippen MR) is 80.4 cm³/mol. The highest BCUT2D eigenvalue weighted by Gasteiger charge is 2.13. The second-order valence-corrected chi connectivity index (χ2v) is 6.42. The van der Waals surface area contributed by atoms with E-state index in [4.69, 9.17) is 5.73 Å². The maximum atomic E-state index is 12.0. The molecule has 0 fully saturated rings. The molecule has 0 spiro atoms. The molecular weight excluding hydrogens is 272 g/mol. The van der Waals surface area contributed by atoms with Crippen LogP contribution in [0, 0.1) is 0 Å². The summed E-state index contributed by atoms with van der Waals surface area (Å²) in [5.41, 5.74) is 7.64. The van der Waals surface area contributed by atoms with Gasteiger partial charge in [0, 0.05) is 12.6 Å². The summed E-state index contributed by atoms with van der Waals surface area (Å²) in [5, 5.41) is 0. The van der Waals surface area contributed by atoms with Crippen molar-refractivity contribution in [2.75, 3.05) is 6.54 Å². The lowest BCUT2D eigenvalue weighted by atomic mass is 10.1. The van der Waals surface area contributed by atoms with Crippen molar-refractivity contribution in [2.24, 2.45) is 5.73 Å². The highest BCUT2D eigenvalue weighted by atomic mass is 32.2. The van der Waals surface area contributed by atoms with Crippen molar-refractivity contribution in [1.82, 2.24) is 4.72 Å². The predicted octanol–water partition coefficient (Wildman–Crippen LogP) is 1.81. The number of hydrogen-bond acceptors (Lipinski definition) is 3. The lowest BCUT2D eigenvalue weighted by molar-refractivity contribution is 0.571. The van der Waals surface area contributed by atoms with Crippen molar-refractivity contribution >= 4 is 10.0 Å². The van der Waals surface area contributed by atoms with E-state index in [1.807, 2.05) is 48.5 Å². The van der Waals surface area contributed by atoms with Gasteiger partial charge in [0.2, 0.25) is 10.0 Å². The molecule has 0 saturated heterocycles. The molecule has 2 rings (SSSR count). The van der Waals surface area contributed by atoms with Crippen molar-refractivity contribution in [2.45, 2.75) is 11.8 Å². The minimum absolute atomic E-state index is 0.0324. The van der Waals surface area contributed by atoms with Crippen LogP contribution in [0.1, 0.15) is 17.2 Å². The highest BCUT2D eigenvalue weighted by molar-refractivity contribution is 7.88. The maximum Gasteiger partial charge on any atom is 0.215 e. The van der Waals surface area contributed by atoms with Crippen LogP contribution in [0.4, 0.5) is 0 Å². The Morgan fingerprint density at radius 1 is 0.950 bits per heavy atom. The standard InChI is InChI=1S/C15H18N2O2S/c16-15(14-9-5-2-6-10-14)11-17-20(18,19)12-13-7-3-1-4-8-13/h1-10,15,17H,11-12,16H2. The Labute approximate surface area is 119 Å². The molecule has 4 nitrogen and oxygen atoms in total. The Morgan fingerprint density at radius 2 is 1.50 bits per heavy atom. The van der Waals surface area contributed by atoms with E-state index in [0.717, 1.165) is 11.1 Å². The Hall–Kier alpha value is -1.69. The van der Waals surface area contributed by atoms with Gasteiger partial charge in [-0.05, 0) is 11.1 Å². The SMILES string of the molecule is NC(CNS(=O)(=O)Cc1ccccc1)c1ccccc1. The van der Waals surface area contributed by atoms with Gasteiger partial charge in [-0.25, -0.2) is 13.1 Å². The van der Waals surface area contributed by atoms with Gasteiger partial charge in [-0.1, -0.05) is 60.7 Å². The van der Waals surface area contributed by atoms with Crippen LogP contribution >= 0.6 is 0 Å². The number of rotatable bonds is 6. The van der Waals surface area contributed by atoms with Crippen LogP contribution in [0.3, 0.4) is 0 Å². The van der Waals surface area contributed by atoms with Gasteiger partial charge in [-0.3, -0.25) is 0 Å². The lowest BCUT2D eigenvalue weighted by Gasteiger charge is -2.13. The van der Waals surface area contributed by atoms with Crippen LogP contribution in [-0.2, 0) is 15.8 Å². The van der Waals surface area contributed by atoms with Crippen LogP contribution in [0.5, 0.6) is 0 Å². The summed E-state index contributed by atoms with van der Waals surface area (Å²) in [7, 11) is -3.37. The van der Waals surface area contributed by atoms with E-state index in [9.17, 15) is 8.42 Å². The number of nitrogens with one attached hydrogen (secondary N) is 1. The van der Waals surface area contributed by atoms with Gasteiger partial charge in [-0.2, -0.15) is 0 Å². The van der Waals surface area contributed by atoms with Crippen LogP contribution in [-0.4, -0.2) is 15.0 Å². The molecule has 3 N–H and O–H groups in total. The average Bonchev–Trinajstić information content (AvgIpc) is 2.46. The zero-order valence-corrected chi connectivity index (χ0v) is 11.9. The summed E-state index contributed by atoms with van der Waals surface area (Å²) in [6.07, 6.45) is 0. The van der Waals surface area contributed by atoms with Crippen LogP contribution < -0.4 is 10.5 Å². The first kappa shape index (κ1) is 14.7. The molecule has 0 aliphatic carbocycles. The quantitative estimate of drug-likeness (QED) is 0.852. The van der Waals surface area contributed by atoms with Gasteiger partial charge in [0.25, 0.3) is 0 Å². The third-order valence-corrected chi connectivity index (χ3v) is 4.27. The van der Waals surface area contributed by atoms with E-state index in [1.165, 1.54) is 0 Å². The fourth-order valence-corrected chi connectivity index (χ4v) is 3.05. The third kappa shape index (κ3) is 4.45. The van der Waals surface area contributed by atoms with Crippen molar-refractivity contribution in [3.8, 4) is 0 Å².